The van der Waals surface area contributed by atoms with E-state index in [0.29, 0.717) is 16.5 Å². The lowest BCUT2D eigenvalue weighted by atomic mass is 9.58. The number of phenolic OH excluding ortho intramolecular Hbond substituents is 1. The third kappa shape index (κ3) is 2.63. The van der Waals surface area contributed by atoms with Gasteiger partial charge in [0.1, 0.15) is 22.8 Å². The highest BCUT2D eigenvalue weighted by atomic mass is 16.3. The minimum Gasteiger partial charge on any atom is -0.510 e. The molecule has 0 saturated carbocycles. The van der Waals surface area contributed by atoms with E-state index in [2.05, 4.69) is 4.98 Å². The summed E-state index contributed by atoms with van der Waals surface area (Å²) in [6.07, 6.45) is 1.85. The molecule has 0 saturated heterocycles. The van der Waals surface area contributed by atoms with Crippen molar-refractivity contribution in [3.63, 3.8) is 0 Å². The molecule has 176 valence electrons. The minimum atomic E-state index is -2.64. The zero-order valence-electron chi connectivity index (χ0n) is 18.4. The molecular formula is C24H23N3O7. The van der Waals surface area contributed by atoms with E-state index in [0.717, 1.165) is 0 Å². The van der Waals surface area contributed by atoms with Crippen LogP contribution in [0.4, 0.5) is 0 Å². The third-order valence-electron chi connectivity index (χ3n) is 7.29. The summed E-state index contributed by atoms with van der Waals surface area (Å²) >= 11 is 0. The van der Waals surface area contributed by atoms with Gasteiger partial charge in [-0.15, -0.1) is 0 Å². The Kier molecular flexibility index (Phi) is 4.62. The first-order valence-electron chi connectivity index (χ1n) is 10.7. The Balaban J connectivity index is 1.75. The van der Waals surface area contributed by atoms with E-state index in [1.165, 1.54) is 4.90 Å². The molecule has 5 rings (SSSR count). The lowest BCUT2D eigenvalue weighted by molar-refractivity contribution is -0.148. The number of amides is 1. The number of hydrogen-bond acceptors (Lipinski definition) is 9. The van der Waals surface area contributed by atoms with E-state index < -0.39 is 58.0 Å². The van der Waals surface area contributed by atoms with E-state index in [1.54, 1.807) is 38.5 Å². The number of nitrogens with two attached hydrogens (primary N) is 1. The van der Waals surface area contributed by atoms with Crippen molar-refractivity contribution in [2.75, 3.05) is 14.1 Å². The van der Waals surface area contributed by atoms with Gasteiger partial charge >= 0.3 is 0 Å². The van der Waals surface area contributed by atoms with Crippen molar-refractivity contribution < 1.29 is 34.8 Å². The number of primary amides is 1. The molecule has 34 heavy (non-hydrogen) atoms. The molecule has 1 aromatic heterocycles. The van der Waals surface area contributed by atoms with Crippen molar-refractivity contribution in [2.24, 2.45) is 17.6 Å². The number of benzene rings is 1. The van der Waals surface area contributed by atoms with Gasteiger partial charge in [-0.1, -0.05) is 0 Å². The SMILES string of the molecule is CN(C)[C@@H]1C(O)=C(C(N)=O)C(=O)[C@@]2(O)C(O)=C3C(=O)c4c(cc5ncccc5c4O)C[C@H]3C[C@@H]12. The summed E-state index contributed by atoms with van der Waals surface area (Å²) in [5.41, 5.74) is 2.68. The van der Waals surface area contributed by atoms with Gasteiger partial charge in [0, 0.05) is 23.1 Å². The van der Waals surface area contributed by atoms with Crippen LogP contribution in [0.15, 0.2) is 47.1 Å². The minimum absolute atomic E-state index is 0.0266. The summed E-state index contributed by atoms with van der Waals surface area (Å²) in [5.74, 6) is -6.64. The molecule has 10 heteroatoms. The maximum absolute atomic E-state index is 13.6. The van der Waals surface area contributed by atoms with Crippen LogP contribution in [0.25, 0.3) is 10.9 Å². The predicted octanol–water partition coefficient (Wildman–Crippen LogP) is 0.669. The maximum Gasteiger partial charge on any atom is 0.255 e. The number of rotatable bonds is 2. The Hall–Kier alpha value is -3.76. The van der Waals surface area contributed by atoms with Crippen LogP contribution in [0.3, 0.4) is 0 Å². The Bertz CT molecular complexity index is 1380. The number of aromatic nitrogens is 1. The van der Waals surface area contributed by atoms with Crippen LogP contribution < -0.4 is 5.73 Å². The zero-order valence-corrected chi connectivity index (χ0v) is 18.4. The molecule has 1 aromatic carbocycles. The van der Waals surface area contributed by atoms with Crippen LogP contribution in [0.2, 0.25) is 0 Å². The number of carbonyl (C=O) groups excluding carboxylic acids is 3. The molecule has 6 N–H and O–H groups in total. The molecule has 4 atom stereocenters. The number of allylic oxidation sites excluding steroid dienone is 1. The molecule has 0 radical (unpaired) electrons. The molecule has 10 nitrogen and oxygen atoms in total. The van der Waals surface area contributed by atoms with Crippen LogP contribution in [0, 0.1) is 11.8 Å². The second-order valence-electron chi connectivity index (χ2n) is 9.29. The van der Waals surface area contributed by atoms with Crippen molar-refractivity contribution in [1.82, 2.24) is 9.88 Å². The van der Waals surface area contributed by atoms with Crippen molar-refractivity contribution in [3.8, 4) is 5.75 Å². The molecule has 0 aliphatic heterocycles. The van der Waals surface area contributed by atoms with Crippen LogP contribution in [-0.4, -0.2) is 73.5 Å². The fraction of sp³-hybridized carbons (Fsp3) is 0.333. The summed E-state index contributed by atoms with van der Waals surface area (Å²) < 4.78 is 0. The van der Waals surface area contributed by atoms with Crippen LogP contribution in [0.1, 0.15) is 22.3 Å². The lowest BCUT2D eigenvalue weighted by Gasteiger charge is -2.50. The molecule has 0 bridgehead atoms. The molecule has 2 aromatic rings. The molecular weight excluding hydrogens is 442 g/mol. The largest absolute Gasteiger partial charge is 0.510 e. The van der Waals surface area contributed by atoms with E-state index in [1.807, 2.05) is 0 Å². The average Bonchev–Trinajstić information content (AvgIpc) is 2.76. The quantitative estimate of drug-likeness (QED) is 0.399. The number of aliphatic hydroxyl groups excluding tert-OH is 2. The Labute approximate surface area is 193 Å². The van der Waals surface area contributed by atoms with Gasteiger partial charge in [-0.05, 0) is 56.6 Å². The lowest BCUT2D eigenvalue weighted by Crippen LogP contribution is -2.63. The monoisotopic (exact) mass is 465 g/mol. The number of likely N-dealkylation sites (N-methyl/N-ethyl adjacent to an activating group) is 1. The highest BCUT2D eigenvalue weighted by Gasteiger charge is 2.63. The fourth-order valence-electron chi connectivity index (χ4n) is 5.84. The van der Waals surface area contributed by atoms with Crippen LogP contribution in [0.5, 0.6) is 5.75 Å². The molecule has 3 aliphatic carbocycles. The summed E-state index contributed by atoms with van der Waals surface area (Å²) in [4.78, 5) is 44.5. The van der Waals surface area contributed by atoms with Crippen LogP contribution in [-0.2, 0) is 16.0 Å². The predicted molar refractivity (Wildman–Crippen MR) is 119 cm³/mol. The number of aliphatic hydroxyl groups is 3. The number of pyridine rings is 1. The maximum atomic E-state index is 13.6. The molecule has 1 heterocycles. The van der Waals surface area contributed by atoms with E-state index in [4.69, 9.17) is 5.73 Å². The average molecular weight is 465 g/mol. The van der Waals surface area contributed by atoms with Crippen molar-refractivity contribution in [1.29, 1.82) is 0 Å². The Morgan fingerprint density at radius 3 is 2.59 bits per heavy atom. The number of Topliss-reactive ketones (excluding diaryl/α,β-unsaturated/α-hetero) is 2. The molecule has 0 fully saturated rings. The Morgan fingerprint density at radius 1 is 1.24 bits per heavy atom. The summed E-state index contributed by atoms with van der Waals surface area (Å²) in [6, 6.07) is 3.91. The molecule has 3 aliphatic rings. The normalized spacial score (nSPS) is 28.8. The van der Waals surface area contributed by atoms with E-state index >= 15 is 0 Å². The van der Waals surface area contributed by atoms with Gasteiger partial charge in [0.05, 0.1) is 17.1 Å². The van der Waals surface area contributed by atoms with Gasteiger partial charge in [-0.25, -0.2) is 0 Å². The first-order chi connectivity index (χ1) is 16.0. The van der Waals surface area contributed by atoms with Gasteiger partial charge in [-0.2, -0.15) is 0 Å². The van der Waals surface area contributed by atoms with Gasteiger partial charge in [0.2, 0.25) is 5.78 Å². The summed E-state index contributed by atoms with van der Waals surface area (Å²) in [6.45, 7) is 0. The smallest absolute Gasteiger partial charge is 0.255 e. The second kappa shape index (κ2) is 7.12. The second-order valence-corrected chi connectivity index (χ2v) is 9.29. The number of carbonyl (C=O) groups is 3. The number of aromatic hydroxyl groups is 1. The standard InChI is InChI=1S/C24H23N3O7/c1-27(2)17-12-7-9-6-10-8-13-11(4-3-5-26-13)18(28)14(10)19(29)15(9)21(31)24(12,34)22(32)16(20(17)30)23(25)33/h3-5,8-9,12,17,28,30-31,34H,6-7H2,1-2H3,(H2,25,33)/t9-,12-,17-,24-/m0/s1. The third-order valence-corrected chi connectivity index (χ3v) is 7.29. The molecule has 1 amide bonds. The Morgan fingerprint density at radius 2 is 1.94 bits per heavy atom. The summed E-state index contributed by atoms with van der Waals surface area (Å²) in [7, 11) is 3.17. The first kappa shape index (κ1) is 22.1. The van der Waals surface area contributed by atoms with Crippen molar-refractivity contribution in [3.05, 3.63) is 58.2 Å². The number of phenols is 1. The fourth-order valence-corrected chi connectivity index (χ4v) is 5.84. The van der Waals surface area contributed by atoms with Crippen molar-refractivity contribution >= 4 is 28.4 Å². The molecule has 0 unspecified atom stereocenters. The van der Waals surface area contributed by atoms with Crippen LogP contribution >= 0.6 is 0 Å². The summed E-state index contributed by atoms with van der Waals surface area (Å²) in [5, 5.41) is 44.7. The number of ketones is 2. The van der Waals surface area contributed by atoms with Crippen molar-refractivity contribution in [2.45, 2.75) is 24.5 Å². The number of nitrogens with zero attached hydrogens (tertiary/aromatic N) is 2. The first-order valence-corrected chi connectivity index (χ1v) is 10.7. The van der Waals surface area contributed by atoms with Gasteiger partial charge in [0.15, 0.2) is 11.4 Å². The highest BCUT2D eigenvalue weighted by molar-refractivity contribution is 6.25. The van der Waals surface area contributed by atoms with E-state index in [9.17, 15) is 34.8 Å². The highest BCUT2D eigenvalue weighted by Crippen LogP contribution is 2.52. The topological polar surface area (TPSA) is 174 Å². The van der Waals surface area contributed by atoms with Gasteiger partial charge in [0.25, 0.3) is 5.91 Å². The number of fused-ring (bicyclic) bond motifs is 4. The molecule has 0 spiro atoms. The zero-order chi connectivity index (χ0) is 24.7. The van der Waals surface area contributed by atoms with Gasteiger partial charge in [-0.3, -0.25) is 24.3 Å². The number of hydrogen-bond donors (Lipinski definition) is 5. The van der Waals surface area contributed by atoms with E-state index in [-0.39, 0.29) is 29.7 Å². The van der Waals surface area contributed by atoms with Gasteiger partial charge < -0.3 is 26.2 Å².